The van der Waals surface area contributed by atoms with Crippen LogP contribution in [0.1, 0.15) is 22.3 Å². The fraction of sp³-hybridized carbons (Fsp3) is 0.333. The summed E-state index contributed by atoms with van der Waals surface area (Å²) in [6, 6.07) is 4.06. The number of carboxylic acids is 1. The first-order valence-electron chi connectivity index (χ1n) is 7.93. The molecule has 1 saturated heterocycles. The molecule has 0 saturated carbocycles. The maximum absolute atomic E-state index is 13.8. The molecule has 1 aromatic heterocycles. The second-order valence-electron chi connectivity index (χ2n) is 6.02. The Morgan fingerprint density at radius 2 is 2.24 bits per heavy atom. The molecule has 1 aliphatic heterocycles. The molecule has 1 atom stereocenters. The number of halogens is 1. The van der Waals surface area contributed by atoms with Crippen molar-refractivity contribution in [3.05, 3.63) is 51.7 Å². The lowest BCUT2D eigenvalue weighted by molar-refractivity contribution is 0.0694. The highest BCUT2D eigenvalue weighted by molar-refractivity contribution is 5.91. The summed E-state index contributed by atoms with van der Waals surface area (Å²) in [7, 11) is 0. The van der Waals surface area contributed by atoms with E-state index in [0.717, 1.165) is 6.42 Å². The van der Waals surface area contributed by atoms with Crippen molar-refractivity contribution in [3.8, 4) is 16.9 Å². The molecule has 0 bridgehead atoms. The number of carbonyl (C=O) groups is 1. The van der Waals surface area contributed by atoms with Crippen molar-refractivity contribution in [2.45, 2.75) is 13.3 Å². The van der Waals surface area contributed by atoms with E-state index in [1.807, 2.05) is 0 Å². The molecule has 2 aromatic rings. The zero-order valence-corrected chi connectivity index (χ0v) is 13.7. The van der Waals surface area contributed by atoms with Gasteiger partial charge in [-0.15, -0.1) is 0 Å². The van der Waals surface area contributed by atoms with E-state index >= 15 is 0 Å². The standard InChI is InChI=1S/C18H18FNO5/c1-10-14(7-20-17(21)16(10)18(22)23)13-6-12(19)2-3-15(13)25-9-11-4-5-24-8-11/h2-3,6-7,11H,4-5,8-9H2,1H3,(H,20,21)(H,22,23). The summed E-state index contributed by atoms with van der Waals surface area (Å²) < 4.78 is 24.9. The Labute approximate surface area is 143 Å². The lowest BCUT2D eigenvalue weighted by atomic mass is 9.98. The molecule has 1 aliphatic rings. The SMILES string of the molecule is Cc1c(-c2cc(F)ccc2OCC2CCOC2)c[nH]c(=O)c1C(=O)O. The Hall–Kier alpha value is -2.67. The van der Waals surface area contributed by atoms with Crippen LogP contribution < -0.4 is 10.3 Å². The van der Waals surface area contributed by atoms with E-state index in [-0.39, 0.29) is 17.0 Å². The van der Waals surface area contributed by atoms with Crippen LogP contribution in [0, 0.1) is 18.7 Å². The predicted molar refractivity (Wildman–Crippen MR) is 88.6 cm³/mol. The van der Waals surface area contributed by atoms with E-state index in [1.165, 1.54) is 31.3 Å². The molecular formula is C18H18FNO5. The third-order valence-electron chi connectivity index (χ3n) is 4.30. The monoisotopic (exact) mass is 347 g/mol. The van der Waals surface area contributed by atoms with Gasteiger partial charge in [0.05, 0.1) is 13.2 Å². The first-order valence-corrected chi connectivity index (χ1v) is 7.93. The number of hydrogen-bond donors (Lipinski definition) is 2. The smallest absolute Gasteiger partial charge is 0.341 e. The number of aromatic carboxylic acids is 1. The van der Waals surface area contributed by atoms with Crippen LogP contribution in [-0.4, -0.2) is 35.9 Å². The molecule has 0 radical (unpaired) electrons. The number of hydrogen-bond acceptors (Lipinski definition) is 4. The van der Waals surface area contributed by atoms with Crippen molar-refractivity contribution in [2.24, 2.45) is 5.92 Å². The Kier molecular flexibility index (Phi) is 4.85. The average Bonchev–Trinajstić information content (AvgIpc) is 3.07. The van der Waals surface area contributed by atoms with Gasteiger partial charge in [0.1, 0.15) is 17.1 Å². The van der Waals surface area contributed by atoms with Crippen LogP contribution in [0.5, 0.6) is 5.75 Å². The highest BCUT2D eigenvalue weighted by atomic mass is 19.1. The van der Waals surface area contributed by atoms with E-state index in [9.17, 15) is 19.1 Å². The van der Waals surface area contributed by atoms with E-state index < -0.39 is 17.3 Å². The van der Waals surface area contributed by atoms with Crippen LogP contribution in [0.3, 0.4) is 0 Å². The molecular weight excluding hydrogens is 329 g/mol. The molecule has 0 spiro atoms. The molecule has 1 aromatic carbocycles. The number of H-pyrrole nitrogens is 1. The van der Waals surface area contributed by atoms with Gasteiger partial charge < -0.3 is 19.6 Å². The molecule has 2 N–H and O–H groups in total. The quantitative estimate of drug-likeness (QED) is 0.868. The number of pyridine rings is 1. The number of aromatic amines is 1. The van der Waals surface area contributed by atoms with Crippen LogP contribution in [0.15, 0.2) is 29.2 Å². The fourth-order valence-corrected chi connectivity index (χ4v) is 2.92. The summed E-state index contributed by atoms with van der Waals surface area (Å²) in [6.07, 6.45) is 2.28. The molecule has 25 heavy (non-hydrogen) atoms. The van der Waals surface area contributed by atoms with Gasteiger partial charge in [0.25, 0.3) is 5.56 Å². The van der Waals surface area contributed by atoms with Gasteiger partial charge >= 0.3 is 5.97 Å². The first kappa shape index (κ1) is 17.2. The van der Waals surface area contributed by atoms with Crippen LogP contribution in [-0.2, 0) is 4.74 Å². The molecule has 132 valence electrons. The van der Waals surface area contributed by atoms with Crippen molar-refractivity contribution in [3.63, 3.8) is 0 Å². The zero-order chi connectivity index (χ0) is 18.0. The van der Waals surface area contributed by atoms with Crippen molar-refractivity contribution >= 4 is 5.97 Å². The summed E-state index contributed by atoms with van der Waals surface area (Å²) in [6.45, 7) is 3.27. The highest BCUT2D eigenvalue weighted by Crippen LogP contribution is 2.33. The van der Waals surface area contributed by atoms with Crippen molar-refractivity contribution in [1.29, 1.82) is 0 Å². The zero-order valence-electron chi connectivity index (χ0n) is 13.7. The largest absolute Gasteiger partial charge is 0.493 e. The maximum Gasteiger partial charge on any atom is 0.341 e. The molecule has 0 amide bonds. The van der Waals surface area contributed by atoms with Gasteiger partial charge in [0.2, 0.25) is 0 Å². The van der Waals surface area contributed by atoms with Crippen molar-refractivity contribution in [1.82, 2.24) is 4.98 Å². The van der Waals surface area contributed by atoms with E-state index in [0.29, 0.717) is 36.7 Å². The molecule has 3 rings (SSSR count). The molecule has 1 unspecified atom stereocenters. The highest BCUT2D eigenvalue weighted by Gasteiger charge is 2.21. The summed E-state index contributed by atoms with van der Waals surface area (Å²) in [5, 5.41) is 9.25. The van der Waals surface area contributed by atoms with E-state index in [4.69, 9.17) is 9.47 Å². The molecule has 6 nitrogen and oxygen atoms in total. The number of rotatable bonds is 5. The number of aromatic nitrogens is 1. The van der Waals surface area contributed by atoms with Gasteiger partial charge in [-0.1, -0.05) is 0 Å². The van der Waals surface area contributed by atoms with Gasteiger partial charge in [-0.2, -0.15) is 0 Å². The van der Waals surface area contributed by atoms with Gasteiger partial charge in [-0.3, -0.25) is 4.79 Å². The number of nitrogens with one attached hydrogen (secondary N) is 1. The van der Waals surface area contributed by atoms with Crippen molar-refractivity contribution < 1.29 is 23.8 Å². The van der Waals surface area contributed by atoms with Crippen molar-refractivity contribution in [2.75, 3.05) is 19.8 Å². The van der Waals surface area contributed by atoms with Gasteiger partial charge in [-0.05, 0) is 37.1 Å². The minimum atomic E-state index is -1.33. The van der Waals surface area contributed by atoms with Crippen LogP contribution in [0.2, 0.25) is 0 Å². The Bertz CT molecular complexity index is 855. The minimum absolute atomic E-state index is 0.260. The second kappa shape index (κ2) is 7.06. The fourth-order valence-electron chi connectivity index (χ4n) is 2.92. The van der Waals surface area contributed by atoms with Gasteiger partial charge in [0.15, 0.2) is 0 Å². The summed E-state index contributed by atoms with van der Waals surface area (Å²) in [5.74, 6) is -1.11. The lowest BCUT2D eigenvalue weighted by Crippen LogP contribution is -2.19. The first-order chi connectivity index (χ1) is 12.0. The van der Waals surface area contributed by atoms with Crippen LogP contribution in [0.25, 0.3) is 11.1 Å². The van der Waals surface area contributed by atoms with Gasteiger partial charge in [0, 0.05) is 29.8 Å². The van der Waals surface area contributed by atoms with E-state index in [1.54, 1.807) is 0 Å². The number of carboxylic acid groups (broad SMARTS) is 1. The number of ether oxygens (including phenoxy) is 2. The minimum Gasteiger partial charge on any atom is -0.493 e. The van der Waals surface area contributed by atoms with E-state index in [2.05, 4.69) is 4.98 Å². The van der Waals surface area contributed by atoms with Crippen LogP contribution in [0.4, 0.5) is 4.39 Å². The van der Waals surface area contributed by atoms with Gasteiger partial charge in [-0.25, -0.2) is 9.18 Å². The summed E-state index contributed by atoms with van der Waals surface area (Å²) in [5.41, 5.74) is 0.00728. The second-order valence-corrected chi connectivity index (χ2v) is 6.02. The van der Waals surface area contributed by atoms with Crippen LogP contribution >= 0.6 is 0 Å². The molecule has 2 heterocycles. The Morgan fingerprint density at radius 1 is 1.44 bits per heavy atom. The third kappa shape index (κ3) is 3.56. The summed E-state index contributed by atoms with van der Waals surface area (Å²) >= 11 is 0. The molecule has 0 aliphatic carbocycles. The average molecular weight is 347 g/mol. The predicted octanol–water partition coefficient (Wildman–Crippen LogP) is 2.60. The summed E-state index contributed by atoms with van der Waals surface area (Å²) in [4.78, 5) is 25.5. The Balaban J connectivity index is 2.01. The third-order valence-corrected chi connectivity index (χ3v) is 4.30. The topological polar surface area (TPSA) is 88.6 Å². The maximum atomic E-state index is 13.8. The molecule has 1 fully saturated rings. The Morgan fingerprint density at radius 3 is 2.92 bits per heavy atom. The molecule has 7 heteroatoms. The lowest BCUT2D eigenvalue weighted by Gasteiger charge is -2.16. The normalized spacial score (nSPS) is 16.8. The number of benzene rings is 1.